The zero-order valence-electron chi connectivity index (χ0n) is 8.33. The van der Waals surface area contributed by atoms with Crippen molar-refractivity contribution in [3.63, 3.8) is 0 Å². The Morgan fingerprint density at radius 1 is 1.67 bits per heavy atom. The Bertz CT molecular complexity index is 392. The second kappa shape index (κ2) is 5.24. The van der Waals surface area contributed by atoms with Crippen molar-refractivity contribution in [1.82, 2.24) is 5.32 Å². The molecule has 0 saturated carbocycles. The smallest absolute Gasteiger partial charge is 0.253 e. The maximum absolute atomic E-state index is 11.7. The van der Waals surface area contributed by atoms with Crippen molar-refractivity contribution >= 4 is 30.1 Å². The molecule has 80 valence electrons. The van der Waals surface area contributed by atoms with Gasteiger partial charge in [0.25, 0.3) is 5.91 Å². The SMILES string of the molecule is C=CC(C)NC(=O)c1cc(S)ccc1Cl. The van der Waals surface area contributed by atoms with Gasteiger partial charge < -0.3 is 5.32 Å². The molecule has 0 fully saturated rings. The summed E-state index contributed by atoms with van der Waals surface area (Å²) in [5, 5.41) is 3.16. The van der Waals surface area contributed by atoms with E-state index in [0.29, 0.717) is 15.5 Å². The lowest BCUT2D eigenvalue weighted by Gasteiger charge is -2.10. The first-order chi connectivity index (χ1) is 7.04. The summed E-state index contributed by atoms with van der Waals surface area (Å²) in [6, 6.07) is 4.93. The summed E-state index contributed by atoms with van der Waals surface area (Å²) in [5.74, 6) is -0.219. The van der Waals surface area contributed by atoms with Gasteiger partial charge in [-0.3, -0.25) is 4.79 Å². The van der Waals surface area contributed by atoms with Crippen molar-refractivity contribution in [3.05, 3.63) is 41.4 Å². The Morgan fingerprint density at radius 2 is 2.33 bits per heavy atom. The second-order valence-corrected chi connectivity index (χ2v) is 4.09. The maximum Gasteiger partial charge on any atom is 0.253 e. The molecule has 2 nitrogen and oxygen atoms in total. The normalized spacial score (nSPS) is 11.9. The predicted molar refractivity (Wildman–Crippen MR) is 65.8 cm³/mol. The second-order valence-electron chi connectivity index (χ2n) is 3.16. The number of nitrogens with one attached hydrogen (secondary N) is 1. The molecular weight excluding hydrogens is 230 g/mol. The molecule has 0 aliphatic carbocycles. The number of carbonyl (C=O) groups is 1. The lowest BCUT2D eigenvalue weighted by Crippen LogP contribution is -2.31. The summed E-state index contributed by atoms with van der Waals surface area (Å²) in [6.07, 6.45) is 1.65. The fourth-order valence-electron chi connectivity index (χ4n) is 1.03. The Labute approximate surface area is 99.7 Å². The molecule has 0 aliphatic heterocycles. The third kappa shape index (κ3) is 3.29. The van der Waals surface area contributed by atoms with E-state index in [1.165, 1.54) is 0 Å². The number of halogens is 1. The van der Waals surface area contributed by atoms with Crippen LogP contribution in [-0.2, 0) is 0 Å². The van der Waals surface area contributed by atoms with Crippen LogP contribution in [0.5, 0.6) is 0 Å². The van der Waals surface area contributed by atoms with Gasteiger partial charge in [-0.05, 0) is 25.1 Å². The van der Waals surface area contributed by atoms with Crippen LogP contribution in [0.2, 0.25) is 5.02 Å². The van der Waals surface area contributed by atoms with Crippen molar-refractivity contribution in [2.45, 2.75) is 17.9 Å². The monoisotopic (exact) mass is 241 g/mol. The quantitative estimate of drug-likeness (QED) is 0.618. The number of hydrogen-bond donors (Lipinski definition) is 2. The average molecular weight is 242 g/mol. The van der Waals surface area contributed by atoms with Crippen molar-refractivity contribution in [2.24, 2.45) is 0 Å². The van der Waals surface area contributed by atoms with Gasteiger partial charge in [-0.15, -0.1) is 19.2 Å². The summed E-state index contributed by atoms with van der Waals surface area (Å²) in [4.78, 5) is 12.4. The minimum Gasteiger partial charge on any atom is -0.346 e. The fraction of sp³-hybridized carbons (Fsp3) is 0.182. The molecule has 1 N–H and O–H groups in total. The Morgan fingerprint density at radius 3 is 2.93 bits per heavy atom. The highest BCUT2D eigenvalue weighted by molar-refractivity contribution is 7.80. The van der Waals surface area contributed by atoms with E-state index < -0.39 is 0 Å². The first-order valence-corrected chi connectivity index (χ1v) is 5.29. The van der Waals surface area contributed by atoms with Crippen LogP contribution in [0.4, 0.5) is 0 Å². The first-order valence-electron chi connectivity index (χ1n) is 4.46. The number of thiol groups is 1. The first kappa shape index (κ1) is 12.1. The van der Waals surface area contributed by atoms with Gasteiger partial charge in [0.05, 0.1) is 10.6 Å². The van der Waals surface area contributed by atoms with Crippen LogP contribution in [-0.4, -0.2) is 11.9 Å². The molecule has 1 atom stereocenters. The predicted octanol–water partition coefficient (Wildman–Crippen LogP) is 2.93. The molecule has 15 heavy (non-hydrogen) atoms. The van der Waals surface area contributed by atoms with E-state index in [9.17, 15) is 4.79 Å². The number of rotatable bonds is 3. The third-order valence-corrected chi connectivity index (χ3v) is 2.51. The lowest BCUT2D eigenvalue weighted by molar-refractivity contribution is 0.0947. The van der Waals surface area contributed by atoms with Gasteiger partial charge in [0.1, 0.15) is 0 Å². The van der Waals surface area contributed by atoms with Crippen LogP contribution in [0, 0.1) is 0 Å². The summed E-state index contributed by atoms with van der Waals surface area (Å²) >= 11 is 10.0. The van der Waals surface area contributed by atoms with Crippen molar-refractivity contribution in [2.75, 3.05) is 0 Å². The molecule has 1 aromatic carbocycles. The van der Waals surface area contributed by atoms with Gasteiger partial charge in [-0.1, -0.05) is 17.7 Å². The number of amides is 1. The molecule has 4 heteroatoms. The van der Waals surface area contributed by atoms with Gasteiger partial charge in [0, 0.05) is 10.9 Å². The molecule has 0 bridgehead atoms. The minimum atomic E-state index is -0.219. The molecule has 1 amide bonds. The maximum atomic E-state index is 11.7. The van der Waals surface area contributed by atoms with Crippen LogP contribution in [0.25, 0.3) is 0 Å². The summed E-state index contributed by atoms with van der Waals surface area (Å²) in [5.41, 5.74) is 0.429. The molecule has 1 aromatic rings. The topological polar surface area (TPSA) is 29.1 Å². The molecule has 0 aromatic heterocycles. The Hall–Kier alpha value is -0.930. The standard InChI is InChI=1S/C11H12ClNOS/c1-3-7(2)13-11(14)9-6-8(15)4-5-10(9)12/h3-7,15H,1H2,2H3,(H,13,14). The number of carbonyl (C=O) groups excluding carboxylic acids is 1. The Kier molecular flexibility index (Phi) is 4.24. The van der Waals surface area contributed by atoms with E-state index in [-0.39, 0.29) is 11.9 Å². The van der Waals surface area contributed by atoms with Crippen molar-refractivity contribution < 1.29 is 4.79 Å². The molecule has 0 radical (unpaired) electrons. The number of hydrogen-bond acceptors (Lipinski definition) is 2. The van der Waals surface area contributed by atoms with E-state index >= 15 is 0 Å². The zero-order valence-corrected chi connectivity index (χ0v) is 9.98. The molecule has 0 heterocycles. The van der Waals surface area contributed by atoms with Gasteiger partial charge >= 0.3 is 0 Å². The lowest BCUT2D eigenvalue weighted by atomic mass is 10.2. The van der Waals surface area contributed by atoms with Gasteiger partial charge in [-0.25, -0.2) is 0 Å². The summed E-state index contributed by atoms with van der Waals surface area (Å²) < 4.78 is 0. The summed E-state index contributed by atoms with van der Waals surface area (Å²) in [6.45, 7) is 5.42. The molecule has 1 unspecified atom stereocenters. The molecule has 1 rings (SSSR count). The van der Waals surface area contributed by atoms with Crippen molar-refractivity contribution in [3.8, 4) is 0 Å². The highest BCUT2D eigenvalue weighted by atomic mass is 35.5. The van der Waals surface area contributed by atoms with E-state index in [2.05, 4.69) is 24.5 Å². The molecular formula is C11H12ClNOS. The number of benzene rings is 1. The molecule has 0 aliphatic rings. The van der Waals surface area contributed by atoms with E-state index in [1.54, 1.807) is 24.3 Å². The fourth-order valence-corrected chi connectivity index (χ4v) is 1.44. The Balaban J connectivity index is 2.90. The van der Waals surface area contributed by atoms with E-state index in [4.69, 9.17) is 11.6 Å². The minimum absolute atomic E-state index is 0.0860. The van der Waals surface area contributed by atoms with Crippen molar-refractivity contribution in [1.29, 1.82) is 0 Å². The molecule has 0 saturated heterocycles. The highest BCUT2D eigenvalue weighted by Crippen LogP contribution is 2.19. The van der Waals surface area contributed by atoms with Gasteiger partial charge in [0.2, 0.25) is 0 Å². The van der Waals surface area contributed by atoms with E-state index in [0.717, 1.165) is 0 Å². The summed E-state index contributed by atoms with van der Waals surface area (Å²) in [7, 11) is 0. The van der Waals surface area contributed by atoms with Crippen LogP contribution < -0.4 is 5.32 Å². The highest BCUT2D eigenvalue weighted by Gasteiger charge is 2.11. The van der Waals surface area contributed by atoms with Crippen LogP contribution in [0.1, 0.15) is 17.3 Å². The average Bonchev–Trinajstić information content (AvgIpc) is 2.21. The van der Waals surface area contributed by atoms with E-state index in [1.807, 2.05) is 6.92 Å². The van der Waals surface area contributed by atoms with Crippen LogP contribution in [0.15, 0.2) is 35.7 Å². The van der Waals surface area contributed by atoms with Crippen LogP contribution >= 0.6 is 24.2 Å². The van der Waals surface area contributed by atoms with Gasteiger partial charge in [0.15, 0.2) is 0 Å². The zero-order chi connectivity index (χ0) is 11.4. The van der Waals surface area contributed by atoms with Crippen LogP contribution in [0.3, 0.4) is 0 Å². The molecule has 0 spiro atoms. The third-order valence-electron chi connectivity index (χ3n) is 1.91. The largest absolute Gasteiger partial charge is 0.346 e. The van der Waals surface area contributed by atoms with Gasteiger partial charge in [-0.2, -0.15) is 0 Å².